The number of benzene rings is 2. The van der Waals surface area contributed by atoms with E-state index in [0.717, 1.165) is 36.8 Å². The summed E-state index contributed by atoms with van der Waals surface area (Å²) < 4.78 is 1.39. The van der Waals surface area contributed by atoms with Gasteiger partial charge in [0.2, 0.25) is 0 Å². The van der Waals surface area contributed by atoms with Gasteiger partial charge in [0.25, 0.3) is 17.7 Å². The summed E-state index contributed by atoms with van der Waals surface area (Å²) in [6.45, 7) is 3.69. The molecule has 1 N–H and O–H groups in total. The molecular weight excluding hydrogens is 438 g/mol. The maximum Gasteiger partial charge on any atom is 0.272 e. The first kappa shape index (κ1) is 21.7. The van der Waals surface area contributed by atoms with Crippen molar-refractivity contribution in [3.63, 3.8) is 0 Å². The molecule has 0 bridgehead atoms. The molecule has 2 aliphatic rings. The van der Waals surface area contributed by atoms with Crippen LogP contribution in [0.5, 0.6) is 0 Å². The van der Waals surface area contributed by atoms with Crippen LogP contribution in [0.25, 0.3) is 10.9 Å². The van der Waals surface area contributed by atoms with Crippen LogP contribution in [0.1, 0.15) is 59.0 Å². The van der Waals surface area contributed by atoms with E-state index in [4.69, 9.17) is 11.6 Å². The second-order valence-electron chi connectivity index (χ2n) is 9.22. The van der Waals surface area contributed by atoms with E-state index in [-0.39, 0.29) is 24.2 Å². The molecule has 0 spiro atoms. The lowest BCUT2D eigenvalue weighted by Gasteiger charge is -2.43. The van der Waals surface area contributed by atoms with Crippen LogP contribution in [0, 0.1) is 6.92 Å². The lowest BCUT2D eigenvalue weighted by Crippen LogP contribution is -2.68. The lowest BCUT2D eigenvalue weighted by atomic mass is 9.91. The van der Waals surface area contributed by atoms with Gasteiger partial charge in [-0.3, -0.25) is 19.0 Å². The van der Waals surface area contributed by atoms with E-state index in [1.54, 1.807) is 31.2 Å². The van der Waals surface area contributed by atoms with Crippen molar-refractivity contribution < 1.29 is 14.4 Å². The number of aromatic nitrogens is 1. The van der Waals surface area contributed by atoms with Crippen molar-refractivity contribution in [3.05, 3.63) is 70.4 Å². The summed E-state index contributed by atoms with van der Waals surface area (Å²) in [7, 11) is 0. The number of carbonyl (C=O) groups is 3. The van der Waals surface area contributed by atoms with Crippen molar-refractivity contribution in [2.75, 3.05) is 0 Å². The molecule has 0 saturated heterocycles. The number of rotatable bonds is 4. The standard InChI is InChI=1S/C26H26ClN3O3/c1-16-7-3-4-8-17(16)15-29-23(31)22-14-18-13-19(27)11-12-21(18)30(22)25(33)26(29,2)24(32)28-20-9-5-6-10-20/h3-4,7-8,11-14,20H,5-6,9-10,15H2,1-2H3,(H,28,32). The number of hydrogen-bond donors (Lipinski definition) is 1. The van der Waals surface area contributed by atoms with Crippen LogP contribution in [0.2, 0.25) is 5.02 Å². The Balaban J connectivity index is 1.65. The van der Waals surface area contributed by atoms with E-state index in [1.165, 1.54) is 9.47 Å². The van der Waals surface area contributed by atoms with E-state index >= 15 is 0 Å². The molecule has 1 atom stereocenters. The van der Waals surface area contributed by atoms with Crippen molar-refractivity contribution in [3.8, 4) is 0 Å². The first-order chi connectivity index (χ1) is 15.8. The number of nitrogens with one attached hydrogen (secondary N) is 1. The maximum atomic E-state index is 14.0. The summed E-state index contributed by atoms with van der Waals surface area (Å²) in [6.07, 6.45) is 3.87. The largest absolute Gasteiger partial charge is 0.351 e. The van der Waals surface area contributed by atoms with Crippen molar-refractivity contribution >= 4 is 40.2 Å². The summed E-state index contributed by atoms with van der Waals surface area (Å²) in [5.74, 6) is -1.21. The molecule has 1 aromatic heterocycles. The maximum absolute atomic E-state index is 14.0. The fraction of sp³-hybridized carbons (Fsp3) is 0.346. The van der Waals surface area contributed by atoms with Crippen molar-refractivity contribution in [1.82, 2.24) is 14.8 Å². The van der Waals surface area contributed by atoms with Gasteiger partial charge in [-0.15, -0.1) is 0 Å². The quantitative estimate of drug-likeness (QED) is 0.569. The number of carbonyl (C=O) groups excluding carboxylic acids is 3. The molecule has 1 unspecified atom stereocenters. The number of hydrogen-bond acceptors (Lipinski definition) is 3. The Hall–Kier alpha value is -3.12. The first-order valence-corrected chi connectivity index (χ1v) is 11.7. The Kier molecular flexibility index (Phi) is 5.28. The Morgan fingerprint density at radius 3 is 2.58 bits per heavy atom. The highest BCUT2D eigenvalue weighted by molar-refractivity contribution is 6.31. The van der Waals surface area contributed by atoms with Crippen LogP contribution in [0.4, 0.5) is 0 Å². The van der Waals surface area contributed by atoms with Gasteiger partial charge in [-0.1, -0.05) is 48.7 Å². The Morgan fingerprint density at radius 2 is 1.85 bits per heavy atom. The highest BCUT2D eigenvalue weighted by Gasteiger charge is 2.54. The van der Waals surface area contributed by atoms with Crippen molar-refractivity contribution in [2.24, 2.45) is 0 Å². The van der Waals surface area contributed by atoms with Gasteiger partial charge in [-0.05, 0) is 62.1 Å². The monoisotopic (exact) mass is 463 g/mol. The smallest absolute Gasteiger partial charge is 0.272 e. The molecule has 0 radical (unpaired) electrons. The normalized spacial score (nSPS) is 21.0. The number of nitrogens with zero attached hydrogens (tertiary/aromatic N) is 2. The summed E-state index contributed by atoms with van der Waals surface area (Å²) in [6, 6.07) is 14.5. The molecule has 2 amide bonds. The van der Waals surface area contributed by atoms with Gasteiger partial charge >= 0.3 is 0 Å². The van der Waals surface area contributed by atoms with Gasteiger partial charge in [0.05, 0.1) is 5.52 Å². The zero-order valence-electron chi connectivity index (χ0n) is 18.7. The predicted octanol–water partition coefficient (Wildman–Crippen LogP) is 4.72. The molecule has 6 nitrogen and oxygen atoms in total. The van der Waals surface area contributed by atoms with E-state index < -0.39 is 17.4 Å². The van der Waals surface area contributed by atoms with Crippen LogP contribution in [-0.4, -0.2) is 38.8 Å². The van der Waals surface area contributed by atoms with E-state index in [9.17, 15) is 14.4 Å². The third kappa shape index (κ3) is 3.44. The summed E-state index contributed by atoms with van der Waals surface area (Å²) in [4.78, 5) is 43.0. The Bertz CT molecular complexity index is 1290. The van der Waals surface area contributed by atoms with E-state index in [2.05, 4.69) is 5.32 Å². The predicted molar refractivity (Wildman–Crippen MR) is 127 cm³/mol. The second-order valence-corrected chi connectivity index (χ2v) is 9.65. The number of fused-ring (bicyclic) bond motifs is 3. The minimum atomic E-state index is -1.68. The Labute approximate surface area is 197 Å². The fourth-order valence-electron chi connectivity index (χ4n) is 5.04. The average Bonchev–Trinajstić information content (AvgIpc) is 3.43. The van der Waals surface area contributed by atoms with Gasteiger partial charge in [0.15, 0.2) is 5.54 Å². The van der Waals surface area contributed by atoms with Gasteiger partial charge in [0.1, 0.15) is 5.69 Å². The highest BCUT2D eigenvalue weighted by atomic mass is 35.5. The molecule has 1 saturated carbocycles. The van der Waals surface area contributed by atoms with Crippen LogP contribution in [-0.2, 0) is 11.3 Å². The molecule has 2 heterocycles. The molecular formula is C26H26ClN3O3. The SMILES string of the molecule is Cc1ccccc1CN1C(=O)c2cc3cc(Cl)ccc3n2C(=O)C1(C)C(=O)NC1CCCC1. The van der Waals surface area contributed by atoms with Gasteiger partial charge < -0.3 is 10.2 Å². The molecule has 33 heavy (non-hydrogen) atoms. The second kappa shape index (κ2) is 8.03. The van der Waals surface area contributed by atoms with Crippen molar-refractivity contribution in [2.45, 2.75) is 57.7 Å². The molecule has 1 fully saturated rings. The van der Waals surface area contributed by atoms with Crippen LogP contribution in [0.3, 0.4) is 0 Å². The van der Waals surface area contributed by atoms with Gasteiger partial charge in [-0.25, -0.2) is 0 Å². The van der Waals surface area contributed by atoms with E-state index in [0.29, 0.717) is 15.9 Å². The summed E-state index contributed by atoms with van der Waals surface area (Å²) in [5, 5.41) is 4.27. The zero-order valence-corrected chi connectivity index (χ0v) is 19.5. The molecule has 3 aromatic rings. The third-order valence-electron chi connectivity index (χ3n) is 7.11. The minimum absolute atomic E-state index is 0.0270. The van der Waals surface area contributed by atoms with Gasteiger partial charge in [-0.2, -0.15) is 0 Å². The molecule has 1 aliphatic heterocycles. The minimum Gasteiger partial charge on any atom is -0.351 e. The number of amides is 2. The lowest BCUT2D eigenvalue weighted by molar-refractivity contribution is -0.130. The molecule has 2 aromatic carbocycles. The average molecular weight is 464 g/mol. The third-order valence-corrected chi connectivity index (χ3v) is 7.34. The van der Waals surface area contributed by atoms with E-state index in [1.807, 2.05) is 31.2 Å². The van der Waals surface area contributed by atoms with Gasteiger partial charge in [0, 0.05) is 23.0 Å². The zero-order chi connectivity index (χ0) is 23.3. The Morgan fingerprint density at radius 1 is 1.12 bits per heavy atom. The summed E-state index contributed by atoms with van der Waals surface area (Å²) >= 11 is 6.16. The molecule has 7 heteroatoms. The van der Waals surface area contributed by atoms with Crippen LogP contribution in [0.15, 0.2) is 48.5 Å². The summed E-state index contributed by atoms with van der Waals surface area (Å²) in [5.41, 5.74) is 1.03. The number of halogens is 1. The number of aryl methyl sites for hydroxylation is 1. The molecule has 1 aliphatic carbocycles. The highest BCUT2D eigenvalue weighted by Crippen LogP contribution is 2.35. The van der Waals surface area contributed by atoms with Crippen molar-refractivity contribution in [1.29, 1.82) is 0 Å². The van der Waals surface area contributed by atoms with Crippen LogP contribution >= 0.6 is 11.6 Å². The van der Waals surface area contributed by atoms with Crippen LogP contribution < -0.4 is 5.32 Å². The fourth-order valence-corrected chi connectivity index (χ4v) is 5.22. The molecule has 170 valence electrons. The topological polar surface area (TPSA) is 71.4 Å². The molecule has 5 rings (SSSR count). The first-order valence-electron chi connectivity index (χ1n) is 11.3.